The maximum absolute atomic E-state index is 11.8. The van der Waals surface area contributed by atoms with Gasteiger partial charge in [-0.1, -0.05) is 43.0 Å². The van der Waals surface area contributed by atoms with E-state index in [1.807, 2.05) is 36.6 Å². The van der Waals surface area contributed by atoms with Gasteiger partial charge in [0.1, 0.15) is 0 Å². The van der Waals surface area contributed by atoms with Crippen LogP contribution in [0.25, 0.3) is 0 Å². The maximum Gasteiger partial charge on any atom is 0.0768 e. The number of hydrogen-bond acceptors (Lipinski definition) is 1. The molecule has 0 unspecified atom stereocenters. The lowest BCUT2D eigenvalue weighted by atomic mass is 10.2. The summed E-state index contributed by atoms with van der Waals surface area (Å²) in [5.41, 5.74) is 3.33. The zero-order valence-corrected chi connectivity index (χ0v) is 11.6. The van der Waals surface area contributed by atoms with Gasteiger partial charge in [0.2, 0.25) is 0 Å². The highest BCUT2D eigenvalue weighted by molar-refractivity contribution is 7.88. The highest BCUT2D eigenvalue weighted by atomic mass is 32.2. The van der Waals surface area contributed by atoms with E-state index in [9.17, 15) is 4.21 Å². The van der Waals surface area contributed by atoms with Crippen molar-refractivity contribution in [3.63, 3.8) is 0 Å². The van der Waals surface area contributed by atoms with Crippen LogP contribution in [0.4, 0.5) is 0 Å². The molecule has 1 aromatic carbocycles. The molecule has 0 aliphatic rings. The Hall–Kier alpha value is -0.673. The van der Waals surface area contributed by atoms with E-state index in [0.717, 1.165) is 4.90 Å². The second kappa shape index (κ2) is 4.90. The molecule has 3 heteroatoms. The maximum atomic E-state index is 11.8. The largest absolute Gasteiger partial charge is 0.250 e. The second-order valence-electron chi connectivity index (χ2n) is 4.78. The van der Waals surface area contributed by atoms with Crippen molar-refractivity contribution in [2.75, 3.05) is 0 Å². The first-order chi connectivity index (χ1) is 6.88. The van der Waals surface area contributed by atoms with E-state index in [4.69, 9.17) is 0 Å². The van der Waals surface area contributed by atoms with Crippen LogP contribution in [0.2, 0.25) is 19.6 Å². The van der Waals surface area contributed by atoms with Crippen LogP contribution in [0, 0.1) is 6.92 Å². The Morgan fingerprint density at radius 2 is 1.67 bits per heavy atom. The SMILES string of the molecule is Cc1ccc([S@](=O)/C=C/[Si](C)(C)C)cc1. The standard InChI is InChI=1S/C12H18OSSi/c1-11-5-7-12(8-6-11)14(13)9-10-15(2,3)4/h5-10H,1-4H3/b10-9+/t14-/m1/s1. The Bertz CT molecular complexity index is 374. The molecule has 0 aliphatic carbocycles. The minimum absolute atomic E-state index is 0.884. The van der Waals surface area contributed by atoms with E-state index in [1.54, 1.807) is 0 Å². The van der Waals surface area contributed by atoms with Crippen LogP contribution < -0.4 is 0 Å². The van der Waals surface area contributed by atoms with Crippen LogP contribution in [0.15, 0.2) is 40.3 Å². The van der Waals surface area contributed by atoms with Crippen molar-refractivity contribution in [2.24, 2.45) is 0 Å². The van der Waals surface area contributed by atoms with E-state index >= 15 is 0 Å². The first kappa shape index (κ1) is 12.4. The smallest absolute Gasteiger partial charge is 0.0768 e. The summed E-state index contributed by atoms with van der Waals surface area (Å²) in [5.74, 6) is 0. The quantitative estimate of drug-likeness (QED) is 0.737. The van der Waals surface area contributed by atoms with Crippen LogP contribution in [-0.2, 0) is 10.8 Å². The Labute approximate surface area is 95.7 Å². The Morgan fingerprint density at radius 3 is 2.13 bits per heavy atom. The van der Waals surface area contributed by atoms with Gasteiger partial charge in [-0.15, -0.1) is 0 Å². The fourth-order valence-corrected chi connectivity index (χ4v) is 3.71. The molecule has 0 bridgehead atoms. The van der Waals surface area contributed by atoms with Gasteiger partial charge in [-0.3, -0.25) is 0 Å². The number of aryl methyl sites for hydroxylation is 1. The van der Waals surface area contributed by atoms with Gasteiger partial charge in [0, 0.05) is 4.90 Å². The summed E-state index contributed by atoms with van der Waals surface area (Å²) in [6, 6.07) is 7.85. The average Bonchev–Trinajstić information content (AvgIpc) is 2.14. The molecule has 82 valence electrons. The fourth-order valence-electron chi connectivity index (χ4n) is 1.02. The molecule has 1 atom stereocenters. The molecule has 1 nitrogen and oxygen atoms in total. The molecule has 1 rings (SSSR count). The average molecular weight is 238 g/mol. The molecule has 0 aliphatic heterocycles. The summed E-state index contributed by atoms with van der Waals surface area (Å²) in [5, 5.41) is 1.83. The van der Waals surface area contributed by atoms with Gasteiger partial charge in [-0.25, -0.2) is 4.21 Å². The van der Waals surface area contributed by atoms with Crippen molar-refractivity contribution in [3.05, 3.63) is 40.9 Å². The van der Waals surface area contributed by atoms with Crippen LogP contribution in [0.5, 0.6) is 0 Å². The van der Waals surface area contributed by atoms with Crippen molar-refractivity contribution < 1.29 is 4.21 Å². The molecule has 0 N–H and O–H groups in total. The lowest BCUT2D eigenvalue weighted by molar-refractivity contribution is 0.688. The summed E-state index contributed by atoms with van der Waals surface area (Å²) in [6.45, 7) is 8.73. The van der Waals surface area contributed by atoms with Crippen molar-refractivity contribution in [1.82, 2.24) is 0 Å². The molecule has 0 spiro atoms. The van der Waals surface area contributed by atoms with Gasteiger partial charge in [0.25, 0.3) is 0 Å². The van der Waals surface area contributed by atoms with Gasteiger partial charge < -0.3 is 0 Å². The third kappa shape index (κ3) is 4.58. The third-order valence-electron chi connectivity index (χ3n) is 1.94. The Morgan fingerprint density at radius 1 is 1.13 bits per heavy atom. The molecule has 0 amide bonds. The third-order valence-corrected chi connectivity index (χ3v) is 4.47. The van der Waals surface area contributed by atoms with Crippen molar-refractivity contribution >= 4 is 18.9 Å². The first-order valence-corrected chi connectivity index (χ1v) is 9.84. The van der Waals surface area contributed by atoms with Crippen LogP contribution in [-0.4, -0.2) is 12.3 Å². The molecule has 1 aromatic rings. The molecular formula is C12H18OSSi. The molecule has 0 radical (unpaired) electrons. The normalized spacial score (nSPS) is 14.4. The van der Waals surface area contributed by atoms with Crippen LogP contribution in [0.3, 0.4) is 0 Å². The number of rotatable bonds is 3. The lowest BCUT2D eigenvalue weighted by Gasteiger charge is -2.07. The zero-order valence-electron chi connectivity index (χ0n) is 9.78. The zero-order chi connectivity index (χ0) is 11.5. The lowest BCUT2D eigenvalue weighted by Crippen LogP contribution is -2.15. The van der Waals surface area contributed by atoms with E-state index in [1.165, 1.54) is 5.56 Å². The Balaban J connectivity index is 2.78. The fraction of sp³-hybridized carbons (Fsp3) is 0.333. The van der Waals surface area contributed by atoms with Crippen molar-refractivity contribution in [1.29, 1.82) is 0 Å². The van der Waals surface area contributed by atoms with E-state index in [2.05, 4.69) is 25.3 Å². The van der Waals surface area contributed by atoms with E-state index in [-0.39, 0.29) is 0 Å². The van der Waals surface area contributed by atoms with E-state index < -0.39 is 18.9 Å². The highest BCUT2D eigenvalue weighted by Gasteiger charge is 2.08. The van der Waals surface area contributed by atoms with Crippen molar-refractivity contribution in [2.45, 2.75) is 31.5 Å². The summed E-state index contributed by atoms with van der Waals surface area (Å²) in [4.78, 5) is 0.884. The van der Waals surface area contributed by atoms with Crippen LogP contribution >= 0.6 is 0 Å². The van der Waals surface area contributed by atoms with Gasteiger partial charge in [-0.05, 0) is 24.5 Å². The number of hydrogen-bond donors (Lipinski definition) is 0. The second-order valence-corrected chi connectivity index (χ2v) is 11.2. The van der Waals surface area contributed by atoms with Gasteiger partial charge in [-0.2, -0.15) is 0 Å². The molecular weight excluding hydrogens is 220 g/mol. The summed E-state index contributed by atoms with van der Waals surface area (Å²) in [6.07, 6.45) is 0. The molecule has 15 heavy (non-hydrogen) atoms. The minimum Gasteiger partial charge on any atom is -0.250 e. The first-order valence-electron chi connectivity index (χ1n) is 5.05. The molecule has 0 aromatic heterocycles. The Kier molecular flexibility index (Phi) is 4.05. The number of benzene rings is 1. The van der Waals surface area contributed by atoms with Gasteiger partial charge in [0.15, 0.2) is 0 Å². The minimum atomic E-state index is -1.24. The predicted octanol–water partition coefficient (Wildman–Crippen LogP) is 3.49. The topological polar surface area (TPSA) is 17.1 Å². The molecule has 0 heterocycles. The van der Waals surface area contributed by atoms with Crippen molar-refractivity contribution in [3.8, 4) is 0 Å². The van der Waals surface area contributed by atoms with Gasteiger partial charge in [0.05, 0.1) is 18.9 Å². The monoisotopic (exact) mass is 238 g/mol. The van der Waals surface area contributed by atoms with Gasteiger partial charge >= 0.3 is 0 Å². The summed E-state index contributed by atoms with van der Waals surface area (Å²) >= 11 is 0. The predicted molar refractivity (Wildman–Crippen MR) is 70.1 cm³/mol. The van der Waals surface area contributed by atoms with E-state index in [0.29, 0.717) is 0 Å². The highest BCUT2D eigenvalue weighted by Crippen LogP contribution is 2.11. The molecule has 0 saturated heterocycles. The summed E-state index contributed by atoms with van der Waals surface area (Å²) in [7, 11) is -2.22. The van der Waals surface area contributed by atoms with Crippen LogP contribution in [0.1, 0.15) is 5.56 Å². The summed E-state index contributed by atoms with van der Waals surface area (Å²) < 4.78 is 11.8. The molecule has 0 saturated carbocycles. The molecule has 0 fully saturated rings.